The Kier molecular flexibility index (Phi) is 3.89. The van der Waals surface area contributed by atoms with E-state index in [-0.39, 0.29) is 0 Å². The molecule has 140 valence electrons. The highest BCUT2D eigenvalue weighted by Gasteiger charge is 2.07. The van der Waals surface area contributed by atoms with Gasteiger partial charge in [-0.2, -0.15) is 0 Å². The van der Waals surface area contributed by atoms with Crippen molar-refractivity contribution in [3.05, 3.63) is 121 Å². The van der Waals surface area contributed by atoms with Gasteiger partial charge in [0, 0.05) is 0 Å². The molecule has 0 nitrogen and oxygen atoms in total. The molecule has 0 fully saturated rings. The molecule has 0 aromatic heterocycles. The van der Waals surface area contributed by atoms with E-state index < -0.39 is 0 Å². The molecule has 0 heteroatoms. The van der Waals surface area contributed by atoms with Gasteiger partial charge in [-0.25, -0.2) is 0 Å². The summed E-state index contributed by atoms with van der Waals surface area (Å²) in [5.74, 6) is 0. The summed E-state index contributed by atoms with van der Waals surface area (Å²) >= 11 is 0. The predicted octanol–water partition coefficient (Wildman–Crippen LogP) is 8.48. The molecule has 0 bridgehead atoms. The third kappa shape index (κ3) is 2.86. The maximum Gasteiger partial charge on any atom is -0.00990 e. The summed E-state index contributed by atoms with van der Waals surface area (Å²) in [4.78, 5) is 0. The topological polar surface area (TPSA) is 0 Å². The van der Waals surface area contributed by atoms with Gasteiger partial charge in [-0.1, -0.05) is 103 Å². The number of rotatable bonds is 2. The largest absolute Gasteiger partial charge is 0.0616 e. The Morgan fingerprint density at radius 1 is 0.300 bits per heavy atom. The molecule has 0 aliphatic heterocycles. The number of hydrogen-bond donors (Lipinski definition) is 0. The van der Waals surface area contributed by atoms with Crippen LogP contribution in [0.15, 0.2) is 121 Å². The van der Waals surface area contributed by atoms with E-state index in [1.807, 2.05) is 0 Å². The van der Waals surface area contributed by atoms with Gasteiger partial charge in [0.05, 0.1) is 0 Å². The van der Waals surface area contributed by atoms with Gasteiger partial charge in [0.15, 0.2) is 0 Å². The first-order valence-corrected chi connectivity index (χ1v) is 10.4. The van der Waals surface area contributed by atoms with Crippen molar-refractivity contribution in [2.45, 2.75) is 0 Å². The van der Waals surface area contributed by atoms with E-state index in [1.165, 1.54) is 54.6 Å². The van der Waals surface area contributed by atoms with Crippen LogP contribution in [0.1, 0.15) is 0 Å². The minimum atomic E-state index is 1.25. The lowest BCUT2D eigenvalue weighted by Gasteiger charge is -2.10. The maximum atomic E-state index is 2.32. The SMILES string of the molecule is c1ccc2cc(-c3ccc(-c4cccc5cc6ccccc6cc45)cc3)ccc2c1. The van der Waals surface area contributed by atoms with Crippen molar-refractivity contribution in [1.29, 1.82) is 0 Å². The predicted molar refractivity (Wildman–Crippen MR) is 130 cm³/mol. The number of benzene rings is 6. The van der Waals surface area contributed by atoms with Crippen molar-refractivity contribution in [2.75, 3.05) is 0 Å². The molecule has 0 saturated heterocycles. The molecular weight excluding hydrogens is 360 g/mol. The van der Waals surface area contributed by atoms with Gasteiger partial charge in [-0.15, -0.1) is 0 Å². The minimum absolute atomic E-state index is 1.25. The molecule has 0 saturated carbocycles. The molecule has 0 N–H and O–H groups in total. The van der Waals surface area contributed by atoms with Gasteiger partial charge in [0.2, 0.25) is 0 Å². The van der Waals surface area contributed by atoms with Crippen LogP contribution in [0.25, 0.3) is 54.6 Å². The highest BCUT2D eigenvalue weighted by molar-refractivity contribution is 6.05. The maximum absolute atomic E-state index is 2.32. The third-order valence-electron chi connectivity index (χ3n) is 6.03. The van der Waals surface area contributed by atoms with Crippen LogP contribution in [0.3, 0.4) is 0 Å². The second-order valence-electron chi connectivity index (χ2n) is 7.87. The van der Waals surface area contributed by atoms with Gasteiger partial charge >= 0.3 is 0 Å². The van der Waals surface area contributed by atoms with Crippen LogP contribution < -0.4 is 0 Å². The smallest absolute Gasteiger partial charge is 0.00990 e. The van der Waals surface area contributed by atoms with Gasteiger partial charge in [-0.3, -0.25) is 0 Å². The second-order valence-corrected chi connectivity index (χ2v) is 7.87. The summed E-state index contributed by atoms with van der Waals surface area (Å²) in [5.41, 5.74) is 5.03. The van der Waals surface area contributed by atoms with E-state index in [4.69, 9.17) is 0 Å². The fraction of sp³-hybridized carbons (Fsp3) is 0. The summed E-state index contributed by atoms with van der Waals surface area (Å²) in [6.07, 6.45) is 0. The molecule has 0 atom stereocenters. The Morgan fingerprint density at radius 3 is 1.63 bits per heavy atom. The van der Waals surface area contributed by atoms with Gasteiger partial charge < -0.3 is 0 Å². The molecule has 0 heterocycles. The van der Waals surface area contributed by atoms with Gasteiger partial charge in [0.1, 0.15) is 0 Å². The average molecular weight is 380 g/mol. The summed E-state index contributed by atoms with van der Waals surface area (Å²) in [7, 11) is 0. The molecule has 6 rings (SSSR count). The molecule has 0 aliphatic carbocycles. The summed E-state index contributed by atoms with van der Waals surface area (Å²) in [5, 5.41) is 7.71. The van der Waals surface area contributed by atoms with Crippen LogP contribution in [-0.4, -0.2) is 0 Å². The van der Waals surface area contributed by atoms with Crippen molar-refractivity contribution >= 4 is 32.3 Å². The molecular formula is C30H20. The lowest BCUT2D eigenvalue weighted by molar-refractivity contribution is 1.62. The van der Waals surface area contributed by atoms with E-state index in [2.05, 4.69) is 121 Å². The molecule has 6 aromatic rings. The summed E-state index contributed by atoms with van der Waals surface area (Å²) < 4.78 is 0. The third-order valence-corrected chi connectivity index (χ3v) is 6.03. The van der Waals surface area contributed by atoms with Crippen molar-refractivity contribution in [3.8, 4) is 22.3 Å². The fourth-order valence-electron chi connectivity index (χ4n) is 4.43. The van der Waals surface area contributed by atoms with Crippen LogP contribution in [0, 0.1) is 0 Å². The molecule has 30 heavy (non-hydrogen) atoms. The molecule has 0 spiro atoms. The monoisotopic (exact) mass is 380 g/mol. The first-order valence-electron chi connectivity index (χ1n) is 10.4. The summed E-state index contributed by atoms with van der Waals surface area (Å²) in [6, 6.07) is 43.9. The molecule has 0 aliphatic rings. The average Bonchev–Trinajstić information content (AvgIpc) is 2.82. The van der Waals surface area contributed by atoms with Gasteiger partial charge in [-0.05, 0) is 72.8 Å². The summed E-state index contributed by atoms with van der Waals surface area (Å²) in [6.45, 7) is 0. The fourth-order valence-corrected chi connectivity index (χ4v) is 4.43. The van der Waals surface area contributed by atoms with Crippen LogP contribution in [0.2, 0.25) is 0 Å². The van der Waals surface area contributed by atoms with Gasteiger partial charge in [0.25, 0.3) is 0 Å². The normalized spacial score (nSPS) is 11.3. The van der Waals surface area contributed by atoms with E-state index in [1.54, 1.807) is 0 Å². The van der Waals surface area contributed by atoms with Crippen molar-refractivity contribution in [2.24, 2.45) is 0 Å². The number of fused-ring (bicyclic) bond motifs is 3. The minimum Gasteiger partial charge on any atom is -0.0616 e. The Balaban J connectivity index is 1.45. The zero-order valence-corrected chi connectivity index (χ0v) is 16.5. The van der Waals surface area contributed by atoms with E-state index in [0.717, 1.165) is 0 Å². The van der Waals surface area contributed by atoms with E-state index in [0.29, 0.717) is 0 Å². The Labute approximate surface area is 176 Å². The molecule has 0 radical (unpaired) electrons. The Morgan fingerprint density at radius 2 is 0.867 bits per heavy atom. The van der Waals surface area contributed by atoms with Crippen LogP contribution in [0.5, 0.6) is 0 Å². The van der Waals surface area contributed by atoms with Crippen molar-refractivity contribution in [3.63, 3.8) is 0 Å². The Bertz CT molecular complexity index is 1520. The first-order chi connectivity index (χ1) is 14.8. The highest BCUT2D eigenvalue weighted by Crippen LogP contribution is 2.33. The van der Waals surface area contributed by atoms with Crippen LogP contribution in [-0.2, 0) is 0 Å². The Hall–Kier alpha value is -3.90. The van der Waals surface area contributed by atoms with Crippen molar-refractivity contribution in [1.82, 2.24) is 0 Å². The first kappa shape index (κ1) is 17.0. The van der Waals surface area contributed by atoms with Crippen LogP contribution >= 0.6 is 0 Å². The highest BCUT2D eigenvalue weighted by atomic mass is 14.1. The second kappa shape index (κ2) is 6.86. The van der Waals surface area contributed by atoms with E-state index >= 15 is 0 Å². The molecule has 6 aromatic carbocycles. The van der Waals surface area contributed by atoms with Crippen LogP contribution in [0.4, 0.5) is 0 Å². The lowest BCUT2D eigenvalue weighted by Crippen LogP contribution is -1.84. The number of hydrogen-bond acceptors (Lipinski definition) is 0. The zero-order chi connectivity index (χ0) is 19.9. The standard InChI is InChI=1S/C30H20/c1-2-7-24-18-27(17-14-21(24)6-1)22-12-15-23(16-13-22)29-11-5-10-28-19-25-8-3-4-9-26(25)20-30(28)29/h1-20H. The molecule has 0 amide bonds. The quantitative estimate of drug-likeness (QED) is 0.264. The zero-order valence-electron chi connectivity index (χ0n) is 16.5. The molecule has 0 unspecified atom stereocenters. The van der Waals surface area contributed by atoms with Crippen molar-refractivity contribution < 1.29 is 0 Å². The lowest BCUT2D eigenvalue weighted by atomic mass is 9.94. The van der Waals surface area contributed by atoms with E-state index in [9.17, 15) is 0 Å².